The number of rotatable bonds is 7. The molecule has 0 aromatic heterocycles. The molecule has 3 N–H and O–H groups in total. The number of benzene rings is 1. The maximum atomic E-state index is 10.7. The van der Waals surface area contributed by atoms with Gasteiger partial charge in [-0.3, -0.25) is 4.79 Å². The highest BCUT2D eigenvalue weighted by Crippen LogP contribution is 2.20. The zero-order valence-electron chi connectivity index (χ0n) is 10.6. The van der Waals surface area contributed by atoms with Crippen molar-refractivity contribution in [2.24, 2.45) is 11.7 Å². The minimum absolute atomic E-state index is 0.256. The molecule has 0 radical (unpaired) electrons. The lowest BCUT2D eigenvalue weighted by Crippen LogP contribution is -2.27. The molecule has 0 aliphatic carbocycles. The van der Waals surface area contributed by atoms with Crippen molar-refractivity contribution in [2.45, 2.75) is 32.7 Å². The summed E-state index contributed by atoms with van der Waals surface area (Å²) in [5.41, 5.74) is 6.41. The number of hydrogen-bond donors (Lipinski definition) is 2. The molecule has 1 aromatic carbocycles. The summed E-state index contributed by atoms with van der Waals surface area (Å²) < 4.78 is 0. The van der Waals surface area contributed by atoms with E-state index in [0.717, 1.165) is 6.42 Å². The third-order valence-electron chi connectivity index (χ3n) is 2.67. The zero-order valence-corrected chi connectivity index (χ0v) is 10.6. The molecule has 0 heterocycles. The number of nitrogens with one attached hydrogen (secondary N) is 1. The molecule has 3 nitrogen and oxygen atoms in total. The fourth-order valence-corrected chi connectivity index (χ4v) is 1.86. The van der Waals surface area contributed by atoms with Crippen LogP contribution in [0.1, 0.15) is 38.3 Å². The van der Waals surface area contributed by atoms with Crippen molar-refractivity contribution in [3.63, 3.8) is 0 Å². The van der Waals surface area contributed by atoms with Crippen molar-refractivity contribution in [3.05, 3.63) is 35.9 Å². The molecule has 0 bridgehead atoms. The summed E-state index contributed by atoms with van der Waals surface area (Å²) in [5, 5.41) is 3.40. The van der Waals surface area contributed by atoms with Gasteiger partial charge in [-0.1, -0.05) is 44.2 Å². The van der Waals surface area contributed by atoms with Crippen LogP contribution in [0.2, 0.25) is 0 Å². The van der Waals surface area contributed by atoms with Crippen LogP contribution in [0, 0.1) is 5.92 Å². The van der Waals surface area contributed by atoms with Gasteiger partial charge in [0, 0.05) is 19.0 Å². The fraction of sp³-hybridized carbons (Fsp3) is 0.500. The van der Waals surface area contributed by atoms with Crippen molar-refractivity contribution in [1.29, 1.82) is 0 Å². The van der Waals surface area contributed by atoms with Crippen LogP contribution in [0.3, 0.4) is 0 Å². The zero-order chi connectivity index (χ0) is 12.7. The predicted octanol–water partition coefficient (Wildman–Crippen LogP) is 2.24. The maximum absolute atomic E-state index is 10.7. The summed E-state index contributed by atoms with van der Waals surface area (Å²) in [6.45, 7) is 5.04. The molecule has 0 aliphatic rings. The van der Waals surface area contributed by atoms with Crippen LogP contribution in [-0.2, 0) is 4.79 Å². The molecule has 0 spiro atoms. The van der Waals surface area contributed by atoms with Crippen molar-refractivity contribution >= 4 is 5.91 Å². The molecule has 1 rings (SSSR count). The second-order valence-corrected chi connectivity index (χ2v) is 4.76. The van der Waals surface area contributed by atoms with E-state index in [0.29, 0.717) is 24.9 Å². The topological polar surface area (TPSA) is 55.1 Å². The number of amides is 1. The minimum Gasteiger partial charge on any atom is -0.370 e. The Hall–Kier alpha value is -1.35. The molecule has 0 aliphatic heterocycles. The molecule has 1 atom stereocenters. The van der Waals surface area contributed by atoms with Gasteiger partial charge in [0.25, 0.3) is 0 Å². The van der Waals surface area contributed by atoms with E-state index in [1.807, 2.05) is 18.2 Å². The van der Waals surface area contributed by atoms with Crippen LogP contribution in [0.4, 0.5) is 0 Å². The summed E-state index contributed by atoms with van der Waals surface area (Å²) in [6.07, 6.45) is 1.45. The highest BCUT2D eigenvalue weighted by molar-refractivity contribution is 5.73. The molecule has 3 heteroatoms. The van der Waals surface area contributed by atoms with Gasteiger partial charge < -0.3 is 11.1 Å². The lowest BCUT2D eigenvalue weighted by Gasteiger charge is -2.20. The maximum Gasteiger partial charge on any atom is 0.218 e. The largest absolute Gasteiger partial charge is 0.370 e. The van der Waals surface area contributed by atoms with Crippen LogP contribution in [0.15, 0.2) is 30.3 Å². The number of hydrogen-bond acceptors (Lipinski definition) is 2. The van der Waals surface area contributed by atoms with Crippen LogP contribution >= 0.6 is 0 Å². The van der Waals surface area contributed by atoms with Crippen molar-refractivity contribution in [3.8, 4) is 0 Å². The third-order valence-corrected chi connectivity index (χ3v) is 2.67. The Labute approximate surface area is 103 Å². The Balaban J connectivity index is 2.58. The summed E-state index contributed by atoms with van der Waals surface area (Å²) >= 11 is 0. The third kappa shape index (κ3) is 5.50. The summed E-state index contributed by atoms with van der Waals surface area (Å²) in [5.74, 6) is 0.357. The molecule has 1 unspecified atom stereocenters. The van der Waals surface area contributed by atoms with E-state index in [4.69, 9.17) is 5.73 Å². The molecule has 0 fully saturated rings. The average Bonchev–Trinajstić information content (AvgIpc) is 2.28. The second kappa shape index (κ2) is 7.07. The van der Waals surface area contributed by atoms with Crippen molar-refractivity contribution < 1.29 is 4.79 Å². The van der Waals surface area contributed by atoms with Gasteiger partial charge in [0.2, 0.25) is 5.91 Å². The van der Waals surface area contributed by atoms with Crippen LogP contribution in [0.5, 0.6) is 0 Å². The van der Waals surface area contributed by atoms with E-state index in [1.165, 1.54) is 5.56 Å². The second-order valence-electron chi connectivity index (χ2n) is 4.76. The molecule has 94 valence electrons. The normalized spacial score (nSPS) is 12.6. The Kier molecular flexibility index (Phi) is 5.70. The Bertz CT molecular complexity index is 335. The number of carbonyl (C=O) groups is 1. The van der Waals surface area contributed by atoms with E-state index in [-0.39, 0.29) is 5.91 Å². The van der Waals surface area contributed by atoms with Gasteiger partial charge in [-0.15, -0.1) is 0 Å². The highest BCUT2D eigenvalue weighted by atomic mass is 16.1. The Morgan fingerprint density at radius 3 is 2.47 bits per heavy atom. The standard InChI is InChI=1S/C14H22N2O/c1-11(2)10-13(16-9-8-14(15)17)12-6-4-3-5-7-12/h3-7,11,13,16H,8-10H2,1-2H3,(H2,15,17). The van der Waals surface area contributed by atoms with Gasteiger partial charge in [-0.05, 0) is 17.9 Å². The van der Waals surface area contributed by atoms with Crippen LogP contribution < -0.4 is 11.1 Å². The quantitative estimate of drug-likeness (QED) is 0.760. The van der Waals surface area contributed by atoms with E-state index in [9.17, 15) is 4.79 Å². The van der Waals surface area contributed by atoms with Gasteiger partial charge in [-0.2, -0.15) is 0 Å². The summed E-state index contributed by atoms with van der Waals surface area (Å²) in [6, 6.07) is 10.6. The molecular weight excluding hydrogens is 212 g/mol. The van der Waals surface area contributed by atoms with Gasteiger partial charge in [0.1, 0.15) is 0 Å². The number of primary amides is 1. The first-order chi connectivity index (χ1) is 8.09. The van der Waals surface area contributed by atoms with Gasteiger partial charge in [0.15, 0.2) is 0 Å². The van der Waals surface area contributed by atoms with Gasteiger partial charge >= 0.3 is 0 Å². The van der Waals surface area contributed by atoms with Crippen LogP contribution in [-0.4, -0.2) is 12.5 Å². The van der Waals surface area contributed by atoms with Gasteiger partial charge in [0.05, 0.1) is 0 Å². The van der Waals surface area contributed by atoms with E-state index < -0.39 is 0 Å². The lowest BCUT2D eigenvalue weighted by molar-refractivity contribution is -0.117. The Morgan fingerprint density at radius 1 is 1.29 bits per heavy atom. The van der Waals surface area contributed by atoms with E-state index in [2.05, 4.69) is 31.3 Å². The molecule has 17 heavy (non-hydrogen) atoms. The predicted molar refractivity (Wildman–Crippen MR) is 70.5 cm³/mol. The van der Waals surface area contributed by atoms with Gasteiger partial charge in [-0.25, -0.2) is 0 Å². The Morgan fingerprint density at radius 2 is 1.94 bits per heavy atom. The SMILES string of the molecule is CC(C)CC(NCCC(N)=O)c1ccccc1. The first kappa shape index (κ1) is 13.7. The smallest absolute Gasteiger partial charge is 0.218 e. The lowest BCUT2D eigenvalue weighted by atomic mass is 9.97. The van der Waals surface area contributed by atoms with Crippen molar-refractivity contribution in [2.75, 3.05) is 6.54 Å². The molecular formula is C14H22N2O. The molecule has 0 saturated heterocycles. The number of carbonyl (C=O) groups excluding carboxylic acids is 1. The van der Waals surface area contributed by atoms with Crippen molar-refractivity contribution in [1.82, 2.24) is 5.32 Å². The molecule has 1 amide bonds. The molecule has 1 aromatic rings. The fourth-order valence-electron chi connectivity index (χ4n) is 1.86. The molecule has 0 saturated carbocycles. The first-order valence-electron chi connectivity index (χ1n) is 6.16. The van der Waals surface area contributed by atoms with E-state index in [1.54, 1.807) is 0 Å². The minimum atomic E-state index is -0.256. The summed E-state index contributed by atoms with van der Waals surface area (Å²) in [7, 11) is 0. The highest BCUT2D eigenvalue weighted by Gasteiger charge is 2.12. The van der Waals surface area contributed by atoms with E-state index >= 15 is 0 Å². The summed E-state index contributed by atoms with van der Waals surface area (Å²) in [4.78, 5) is 10.7. The average molecular weight is 234 g/mol. The number of nitrogens with two attached hydrogens (primary N) is 1. The van der Waals surface area contributed by atoms with Crippen LogP contribution in [0.25, 0.3) is 0 Å². The monoisotopic (exact) mass is 234 g/mol. The first-order valence-corrected chi connectivity index (χ1v) is 6.16.